The molecule has 27 heavy (non-hydrogen) atoms. The number of nitrogens with one attached hydrogen (secondary N) is 1. The zero-order valence-electron chi connectivity index (χ0n) is 14.5. The Morgan fingerprint density at radius 1 is 1.07 bits per heavy atom. The molecule has 5 nitrogen and oxygen atoms in total. The van der Waals surface area contributed by atoms with Gasteiger partial charge in [-0.1, -0.05) is 29.3 Å². The third-order valence-electron chi connectivity index (χ3n) is 3.81. The second-order valence-corrected chi connectivity index (χ2v) is 9.41. The molecule has 140 valence electrons. The molecule has 0 atom stereocenters. The van der Waals surface area contributed by atoms with Crippen LogP contribution >= 0.6 is 22.9 Å². The van der Waals surface area contributed by atoms with Crippen molar-refractivity contribution in [3.8, 4) is 5.75 Å². The van der Waals surface area contributed by atoms with Gasteiger partial charge in [0.2, 0.25) is 9.84 Å². The number of sulfone groups is 1. The summed E-state index contributed by atoms with van der Waals surface area (Å²) in [5.74, 6) is 0.0869. The molecule has 8 heteroatoms. The van der Waals surface area contributed by atoms with Crippen LogP contribution in [0.3, 0.4) is 0 Å². The number of carbonyl (C=O) groups excluding carboxylic acids is 1. The first-order valence-electron chi connectivity index (χ1n) is 7.88. The van der Waals surface area contributed by atoms with Crippen molar-refractivity contribution >= 4 is 44.4 Å². The summed E-state index contributed by atoms with van der Waals surface area (Å²) >= 11 is 6.97. The molecule has 0 bridgehead atoms. The molecule has 1 heterocycles. The number of methoxy groups -OCH3 is 1. The van der Waals surface area contributed by atoms with Crippen LogP contribution in [0, 0.1) is 6.92 Å². The molecule has 0 saturated carbocycles. The average molecular weight is 422 g/mol. The van der Waals surface area contributed by atoms with Crippen molar-refractivity contribution in [2.45, 2.75) is 16.0 Å². The van der Waals surface area contributed by atoms with Crippen LogP contribution in [0.4, 0.5) is 5.69 Å². The molecule has 0 aliphatic rings. The van der Waals surface area contributed by atoms with Crippen molar-refractivity contribution in [3.05, 3.63) is 70.1 Å². The summed E-state index contributed by atoms with van der Waals surface area (Å²) < 4.78 is 30.6. The number of rotatable bonds is 5. The summed E-state index contributed by atoms with van der Waals surface area (Å²) in [6.45, 7) is 1.88. The van der Waals surface area contributed by atoms with E-state index in [4.69, 9.17) is 16.3 Å². The number of thiophene rings is 1. The van der Waals surface area contributed by atoms with Crippen molar-refractivity contribution in [2.24, 2.45) is 0 Å². The summed E-state index contributed by atoms with van der Waals surface area (Å²) in [7, 11) is -2.16. The lowest BCUT2D eigenvalue weighted by atomic mass is 10.2. The smallest absolute Gasteiger partial charge is 0.265 e. The van der Waals surface area contributed by atoms with E-state index in [0.717, 1.165) is 16.9 Å². The summed E-state index contributed by atoms with van der Waals surface area (Å²) in [6, 6.07) is 14.4. The summed E-state index contributed by atoms with van der Waals surface area (Å²) in [5, 5.41) is 3.06. The van der Waals surface area contributed by atoms with Gasteiger partial charge in [0, 0.05) is 5.69 Å². The minimum Gasteiger partial charge on any atom is -0.495 e. The van der Waals surface area contributed by atoms with Gasteiger partial charge in [-0.25, -0.2) is 8.42 Å². The van der Waals surface area contributed by atoms with Gasteiger partial charge in [0.25, 0.3) is 5.91 Å². The Labute approximate surface area is 166 Å². The van der Waals surface area contributed by atoms with Gasteiger partial charge in [-0.3, -0.25) is 4.79 Å². The highest BCUT2D eigenvalue weighted by Crippen LogP contribution is 2.30. The van der Waals surface area contributed by atoms with Crippen LogP contribution in [0.5, 0.6) is 5.75 Å². The van der Waals surface area contributed by atoms with E-state index in [9.17, 15) is 13.2 Å². The Balaban J connectivity index is 1.81. The molecule has 0 spiro atoms. The number of amides is 1. The Bertz CT molecular complexity index is 1090. The maximum absolute atomic E-state index is 12.7. The molecule has 1 aromatic heterocycles. The highest BCUT2D eigenvalue weighted by molar-refractivity contribution is 7.93. The molecular formula is C19H16ClNO4S2. The minimum atomic E-state index is -3.66. The molecule has 3 aromatic rings. The van der Waals surface area contributed by atoms with Gasteiger partial charge in [-0.05, 0) is 49.4 Å². The van der Waals surface area contributed by atoms with Gasteiger partial charge in [-0.2, -0.15) is 0 Å². The number of aryl methyl sites for hydroxylation is 1. The molecule has 0 aliphatic carbocycles. The normalized spacial score (nSPS) is 11.2. The largest absolute Gasteiger partial charge is 0.495 e. The highest BCUT2D eigenvalue weighted by atomic mass is 35.5. The van der Waals surface area contributed by atoms with Gasteiger partial charge in [0.15, 0.2) is 0 Å². The Morgan fingerprint density at radius 3 is 2.41 bits per heavy atom. The fourth-order valence-corrected chi connectivity index (χ4v) is 5.22. The number of halogens is 1. The first kappa shape index (κ1) is 19.4. The van der Waals surface area contributed by atoms with Gasteiger partial charge in [-0.15, -0.1) is 11.3 Å². The van der Waals surface area contributed by atoms with Crippen LogP contribution in [0.1, 0.15) is 15.2 Å². The van der Waals surface area contributed by atoms with Crippen molar-refractivity contribution < 1.29 is 17.9 Å². The summed E-state index contributed by atoms with van der Waals surface area (Å²) in [4.78, 5) is 12.9. The topological polar surface area (TPSA) is 72.5 Å². The van der Waals surface area contributed by atoms with Crippen LogP contribution < -0.4 is 10.1 Å². The van der Waals surface area contributed by atoms with E-state index in [1.54, 1.807) is 42.5 Å². The van der Waals surface area contributed by atoms with Crippen LogP contribution in [0.25, 0.3) is 0 Å². The number of ether oxygens (including phenoxy) is 1. The van der Waals surface area contributed by atoms with Crippen molar-refractivity contribution in [3.63, 3.8) is 0 Å². The minimum absolute atomic E-state index is 0.115. The van der Waals surface area contributed by atoms with E-state index < -0.39 is 15.7 Å². The van der Waals surface area contributed by atoms with Crippen molar-refractivity contribution in [1.82, 2.24) is 0 Å². The first-order valence-corrected chi connectivity index (χ1v) is 10.6. The van der Waals surface area contributed by atoms with E-state index in [2.05, 4.69) is 5.32 Å². The highest BCUT2D eigenvalue weighted by Gasteiger charge is 2.21. The van der Waals surface area contributed by atoms with E-state index >= 15 is 0 Å². The average Bonchev–Trinajstić information content (AvgIpc) is 3.13. The molecule has 0 unspecified atom stereocenters. The molecule has 1 N–H and O–H groups in total. The predicted molar refractivity (Wildman–Crippen MR) is 107 cm³/mol. The van der Waals surface area contributed by atoms with Gasteiger partial charge >= 0.3 is 0 Å². The van der Waals surface area contributed by atoms with Crippen LogP contribution in [0.2, 0.25) is 5.02 Å². The van der Waals surface area contributed by atoms with Crippen molar-refractivity contribution in [2.75, 3.05) is 12.4 Å². The molecule has 3 rings (SSSR count). The molecule has 0 radical (unpaired) electrons. The fourth-order valence-electron chi connectivity index (χ4n) is 2.36. The first-order chi connectivity index (χ1) is 12.8. The zero-order chi connectivity index (χ0) is 19.6. The lowest BCUT2D eigenvalue weighted by molar-refractivity contribution is 0.103. The van der Waals surface area contributed by atoms with E-state index in [1.165, 1.54) is 19.2 Å². The van der Waals surface area contributed by atoms with Crippen LogP contribution in [-0.2, 0) is 9.84 Å². The van der Waals surface area contributed by atoms with Gasteiger partial charge < -0.3 is 10.1 Å². The van der Waals surface area contributed by atoms with E-state index in [1.807, 2.05) is 6.92 Å². The maximum Gasteiger partial charge on any atom is 0.265 e. The SMILES string of the molecule is COc1ccc(NC(=O)c2ccc(S(=O)(=O)c3ccc(C)cc3)s2)cc1Cl. The second-order valence-electron chi connectivity index (χ2n) is 5.74. The van der Waals surface area contributed by atoms with Crippen molar-refractivity contribution in [1.29, 1.82) is 0 Å². The van der Waals surface area contributed by atoms with Crippen LogP contribution in [0.15, 0.2) is 63.7 Å². The third kappa shape index (κ3) is 4.16. The molecule has 1 amide bonds. The number of hydrogen-bond donors (Lipinski definition) is 1. The molecular weight excluding hydrogens is 406 g/mol. The fraction of sp³-hybridized carbons (Fsp3) is 0.105. The molecule has 0 fully saturated rings. The zero-order valence-corrected chi connectivity index (χ0v) is 16.9. The van der Waals surface area contributed by atoms with Crippen LogP contribution in [-0.4, -0.2) is 21.4 Å². The maximum atomic E-state index is 12.7. The van der Waals surface area contributed by atoms with E-state index in [0.29, 0.717) is 16.5 Å². The van der Waals surface area contributed by atoms with E-state index in [-0.39, 0.29) is 14.0 Å². The quantitative estimate of drug-likeness (QED) is 0.642. The monoisotopic (exact) mass is 421 g/mol. The number of carbonyl (C=O) groups is 1. The lowest BCUT2D eigenvalue weighted by Gasteiger charge is -2.07. The molecule has 2 aromatic carbocycles. The second kappa shape index (κ2) is 7.72. The van der Waals surface area contributed by atoms with Gasteiger partial charge in [0.1, 0.15) is 9.96 Å². The summed E-state index contributed by atoms with van der Waals surface area (Å²) in [6.07, 6.45) is 0. The Hall–Kier alpha value is -2.35. The number of hydrogen-bond acceptors (Lipinski definition) is 5. The standard InChI is InChI=1S/C19H16ClNO4S2/c1-12-3-6-14(7-4-12)27(23,24)18-10-9-17(26-18)19(22)21-13-5-8-16(25-2)15(20)11-13/h3-11H,1-2H3,(H,21,22). The molecule has 0 saturated heterocycles. The number of benzene rings is 2. The predicted octanol–water partition coefficient (Wildman–Crippen LogP) is 4.80. The molecule has 0 aliphatic heterocycles. The third-order valence-corrected chi connectivity index (χ3v) is 7.45. The number of anilines is 1. The van der Waals surface area contributed by atoms with Gasteiger partial charge in [0.05, 0.1) is 21.9 Å². The summed E-state index contributed by atoms with van der Waals surface area (Å²) in [5.41, 5.74) is 1.46. The lowest BCUT2D eigenvalue weighted by Crippen LogP contribution is -2.10. The Morgan fingerprint density at radius 2 is 1.78 bits per heavy atom. The Kier molecular flexibility index (Phi) is 5.55.